The number of ether oxygens (including phenoxy) is 1. The summed E-state index contributed by atoms with van der Waals surface area (Å²) in [6.45, 7) is 0.596. The van der Waals surface area contributed by atoms with Gasteiger partial charge in [0, 0.05) is 12.7 Å². The molecule has 0 radical (unpaired) electrons. The number of amidine groups is 1. The molecule has 1 aromatic carbocycles. The molecule has 1 aliphatic heterocycles. The Morgan fingerprint density at radius 1 is 1.38 bits per heavy atom. The lowest BCUT2D eigenvalue weighted by atomic mass is 10.2. The molecule has 5 heteroatoms. The van der Waals surface area contributed by atoms with Gasteiger partial charge in [0.1, 0.15) is 19.0 Å². The predicted octanol–water partition coefficient (Wildman–Crippen LogP) is 0.710. The van der Waals surface area contributed by atoms with Gasteiger partial charge in [-0.2, -0.15) is 5.10 Å². The first-order chi connectivity index (χ1) is 7.74. The highest BCUT2D eigenvalue weighted by molar-refractivity contribution is 5.99. The molecule has 0 atom stereocenters. The standard InChI is InChI=1S/C11H15N3O2/c1-13-8-14(11(7-15)12-13)9-3-5-10(16-2)6-4-9/h3-6,15H,7-8H2,1-2H3. The van der Waals surface area contributed by atoms with Crippen LogP contribution < -0.4 is 9.64 Å². The van der Waals surface area contributed by atoms with Gasteiger partial charge in [-0.15, -0.1) is 0 Å². The summed E-state index contributed by atoms with van der Waals surface area (Å²) >= 11 is 0. The van der Waals surface area contributed by atoms with Crippen molar-refractivity contribution in [1.29, 1.82) is 0 Å². The van der Waals surface area contributed by atoms with Crippen LogP contribution in [0.15, 0.2) is 29.4 Å². The summed E-state index contributed by atoms with van der Waals surface area (Å²) in [6, 6.07) is 7.68. The van der Waals surface area contributed by atoms with E-state index in [1.54, 1.807) is 12.1 Å². The van der Waals surface area contributed by atoms with Crippen LogP contribution >= 0.6 is 0 Å². The number of anilines is 1. The van der Waals surface area contributed by atoms with Crippen molar-refractivity contribution in [2.24, 2.45) is 5.10 Å². The second-order valence-corrected chi connectivity index (χ2v) is 3.60. The minimum atomic E-state index is -0.0592. The van der Waals surface area contributed by atoms with Crippen molar-refractivity contribution < 1.29 is 9.84 Å². The monoisotopic (exact) mass is 221 g/mol. The Morgan fingerprint density at radius 2 is 2.06 bits per heavy atom. The zero-order chi connectivity index (χ0) is 11.5. The first kappa shape index (κ1) is 10.8. The van der Waals surface area contributed by atoms with Gasteiger partial charge in [-0.1, -0.05) is 0 Å². The highest BCUT2D eigenvalue weighted by Gasteiger charge is 2.20. The molecule has 1 aliphatic rings. The van der Waals surface area contributed by atoms with Crippen molar-refractivity contribution in [2.75, 3.05) is 32.3 Å². The van der Waals surface area contributed by atoms with Crippen LogP contribution in [0.25, 0.3) is 0 Å². The van der Waals surface area contributed by atoms with Crippen molar-refractivity contribution in [1.82, 2.24) is 5.01 Å². The maximum Gasteiger partial charge on any atom is 0.156 e. The highest BCUT2D eigenvalue weighted by atomic mass is 16.5. The van der Waals surface area contributed by atoms with E-state index in [0.717, 1.165) is 11.4 Å². The van der Waals surface area contributed by atoms with Crippen LogP contribution in [0, 0.1) is 0 Å². The van der Waals surface area contributed by atoms with Crippen molar-refractivity contribution >= 4 is 11.5 Å². The number of aliphatic hydroxyl groups is 1. The molecule has 0 saturated carbocycles. The molecular weight excluding hydrogens is 206 g/mol. The minimum Gasteiger partial charge on any atom is -0.497 e. The largest absolute Gasteiger partial charge is 0.497 e. The molecule has 86 valence electrons. The molecule has 2 rings (SSSR count). The number of methoxy groups -OCH3 is 1. The normalized spacial score (nSPS) is 15.3. The first-order valence-corrected chi connectivity index (χ1v) is 5.05. The van der Waals surface area contributed by atoms with E-state index in [9.17, 15) is 5.11 Å². The summed E-state index contributed by atoms with van der Waals surface area (Å²) in [5.74, 6) is 1.48. The van der Waals surface area contributed by atoms with Gasteiger partial charge in [0.05, 0.1) is 7.11 Å². The van der Waals surface area contributed by atoms with E-state index in [4.69, 9.17) is 4.74 Å². The summed E-state index contributed by atoms with van der Waals surface area (Å²) in [5.41, 5.74) is 0.998. The van der Waals surface area contributed by atoms with E-state index in [1.807, 2.05) is 36.2 Å². The van der Waals surface area contributed by atoms with Gasteiger partial charge in [0.2, 0.25) is 0 Å². The number of hydrazone groups is 1. The van der Waals surface area contributed by atoms with Crippen molar-refractivity contribution in [3.8, 4) is 5.75 Å². The maximum absolute atomic E-state index is 9.19. The zero-order valence-corrected chi connectivity index (χ0v) is 9.42. The molecular formula is C11H15N3O2. The number of hydrogen-bond donors (Lipinski definition) is 1. The maximum atomic E-state index is 9.19. The Morgan fingerprint density at radius 3 is 2.62 bits per heavy atom. The molecule has 5 nitrogen and oxygen atoms in total. The van der Waals surface area contributed by atoms with Crippen LogP contribution in [0.3, 0.4) is 0 Å². The van der Waals surface area contributed by atoms with Crippen molar-refractivity contribution in [2.45, 2.75) is 0 Å². The fourth-order valence-corrected chi connectivity index (χ4v) is 1.68. The lowest BCUT2D eigenvalue weighted by molar-refractivity contribution is 0.354. The third kappa shape index (κ3) is 1.94. The smallest absolute Gasteiger partial charge is 0.156 e. The number of rotatable bonds is 3. The Hall–Kier alpha value is -1.75. The van der Waals surface area contributed by atoms with E-state index in [1.165, 1.54) is 0 Å². The lowest BCUT2D eigenvalue weighted by Gasteiger charge is -2.19. The van der Waals surface area contributed by atoms with E-state index >= 15 is 0 Å². The highest BCUT2D eigenvalue weighted by Crippen LogP contribution is 2.22. The first-order valence-electron chi connectivity index (χ1n) is 5.05. The van der Waals surface area contributed by atoms with Crippen LogP contribution in [-0.2, 0) is 0 Å². The third-order valence-corrected chi connectivity index (χ3v) is 2.47. The molecule has 1 aromatic rings. The molecule has 0 saturated heterocycles. The lowest BCUT2D eigenvalue weighted by Crippen LogP contribution is -2.31. The zero-order valence-electron chi connectivity index (χ0n) is 9.42. The number of nitrogens with zero attached hydrogens (tertiary/aromatic N) is 3. The Kier molecular flexibility index (Phi) is 2.96. The number of benzene rings is 1. The second kappa shape index (κ2) is 4.40. The van der Waals surface area contributed by atoms with Crippen LogP contribution in [-0.4, -0.2) is 43.4 Å². The van der Waals surface area contributed by atoms with Crippen LogP contribution in [0.2, 0.25) is 0 Å². The summed E-state index contributed by atoms with van der Waals surface area (Å²) in [6.07, 6.45) is 0. The van der Waals surface area contributed by atoms with Crippen LogP contribution in [0.1, 0.15) is 0 Å². The molecule has 0 aliphatic carbocycles. The van der Waals surface area contributed by atoms with Crippen LogP contribution in [0.5, 0.6) is 5.75 Å². The summed E-state index contributed by atoms with van der Waals surface area (Å²) in [7, 11) is 3.51. The van der Waals surface area contributed by atoms with Gasteiger partial charge in [-0.25, -0.2) is 0 Å². The van der Waals surface area contributed by atoms with E-state index < -0.39 is 0 Å². The molecule has 0 unspecified atom stereocenters. The van der Waals surface area contributed by atoms with Crippen molar-refractivity contribution in [3.05, 3.63) is 24.3 Å². The van der Waals surface area contributed by atoms with Gasteiger partial charge in [-0.3, -0.25) is 5.01 Å². The quantitative estimate of drug-likeness (QED) is 0.816. The second-order valence-electron chi connectivity index (χ2n) is 3.60. The van der Waals surface area contributed by atoms with Gasteiger partial charge < -0.3 is 14.7 Å². The predicted molar refractivity (Wildman–Crippen MR) is 62.6 cm³/mol. The molecule has 0 aromatic heterocycles. The van der Waals surface area contributed by atoms with Crippen molar-refractivity contribution in [3.63, 3.8) is 0 Å². The molecule has 1 heterocycles. The van der Waals surface area contributed by atoms with Gasteiger partial charge in [-0.05, 0) is 24.3 Å². The molecule has 0 amide bonds. The summed E-state index contributed by atoms with van der Waals surface area (Å²) < 4.78 is 5.10. The molecule has 0 spiro atoms. The van der Waals surface area contributed by atoms with E-state index in [-0.39, 0.29) is 6.61 Å². The third-order valence-electron chi connectivity index (χ3n) is 2.47. The fraction of sp³-hybridized carbons (Fsp3) is 0.364. The Bertz CT molecular complexity index is 389. The average molecular weight is 221 g/mol. The molecule has 0 fully saturated rings. The summed E-state index contributed by atoms with van der Waals surface area (Å²) in [4.78, 5) is 1.96. The van der Waals surface area contributed by atoms with E-state index in [0.29, 0.717) is 12.5 Å². The minimum absolute atomic E-state index is 0.0592. The SMILES string of the molecule is COc1ccc(N2CN(C)N=C2CO)cc1. The summed E-state index contributed by atoms with van der Waals surface area (Å²) in [5, 5.41) is 15.2. The van der Waals surface area contributed by atoms with Gasteiger partial charge in [0.25, 0.3) is 0 Å². The van der Waals surface area contributed by atoms with E-state index in [2.05, 4.69) is 5.10 Å². The number of hydrogen-bond acceptors (Lipinski definition) is 5. The number of aliphatic hydroxyl groups excluding tert-OH is 1. The molecule has 1 N–H and O–H groups in total. The topological polar surface area (TPSA) is 48.3 Å². The Balaban J connectivity index is 2.21. The molecule has 16 heavy (non-hydrogen) atoms. The van der Waals surface area contributed by atoms with Crippen LogP contribution in [0.4, 0.5) is 5.69 Å². The molecule has 0 bridgehead atoms. The fourth-order valence-electron chi connectivity index (χ4n) is 1.68. The van der Waals surface area contributed by atoms with Gasteiger partial charge >= 0.3 is 0 Å². The Labute approximate surface area is 94.5 Å². The average Bonchev–Trinajstić information content (AvgIpc) is 2.70. The van der Waals surface area contributed by atoms with Gasteiger partial charge in [0.15, 0.2) is 5.84 Å².